The number of likely N-dealkylation sites (tertiary alicyclic amines) is 1. The maximum absolute atomic E-state index is 12.8. The van der Waals surface area contributed by atoms with Crippen molar-refractivity contribution in [1.82, 2.24) is 4.90 Å². The number of nitrogens with zero attached hydrogens (tertiary/aromatic N) is 3. The van der Waals surface area contributed by atoms with Crippen LogP contribution in [0.1, 0.15) is 43.2 Å². The Labute approximate surface area is 178 Å². The SMILES string of the molecule is O=C1CC2CCc3ccccc3C2=NN1c1ccc(OCCCN2CCCC2)cc1. The number of anilines is 1. The van der Waals surface area contributed by atoms with Crippen LogP contribution in [0.5, 0.6) is 5.75 Å². The molecule has 0 N–H and O–H groups in total. The molecule has 1 unspecified atom stereocenters. The molecule has 0 saturated carbocycles. The van der Waals surface area contributed by atoms with Crippen LogP contribution >= 0.6 is 0 Å². The van der Waals surface area contributed by atoms with Crippen molar-refractivity contribution in [3.63, 3.8) is 0 Å². The fraction of sp³-hybridized carbons (Fsp3) is 0.440. The van der Waals surface area contributed by atoms with Crippen molar-refractivity contribution in [1.29, 1.82) is 0 Å². The summed E-state index contributed by atoms with van der Waals surface area (Å²) in [6, 6.07) is 16.2. The molecule has 2 heterocycles. The Morgan fingerprint density at radius 1 is 1.03 bits per heavy atom. The van der Waals surface area contributed by atoms with Gasteiger partial charge in [0.25, 0.3) is 0 Å². The third-order valence-electron chi connectivity index (χ3n) is 6.47. The number of hydrogen-bond donors (Lipinski definition) is 0. The lowest BCUT2D eigenvalue weighted by Crippen LogP contribution is -2.39. The van der Waals surface area contributed by atoms with Gasteiger partial charge < -0.3 is 9.64 Å². The Morgan fingerprint density at radius 2 is 1.83 bits per heavy atom. The van der Waals surface area contributed by atoms with Gasteiger partial charge in [-0.2, -0.15) is 5.10 Å². The van der Waals surface area contributed by atoms with Crippen LogP contribution in [0.25, 0.3) is 0 Å². The average molecular weight is 404 g/mol. The first-order chi connectivity index (χ1) is 14.8. The molecule has 1 amide bonds. The number of aryl methyl sites for hydroxylation is 1. The Hall–Kier alpha value is -2.66. The zero-order valence-corrected chi connectivity index (χ0v) is 17.4. The van der Waals surface area contributed by atoms with Crippen LogP contribution in [-0.2, 0) is 11.2 Å². The molecule has 5 rings (SSSR count). The molecule has 0 aromatic heterocycles. The number of rotatable bonds is 6. The predicted molar refractivity (Wildman–Crippen MR) is 119 cm³/mol. The number of ether oxygens (including phenoxy) is 1. The van der Waals surface area contributed by atoms with Gasteiger partial charge in [0.15, 0.2) is 0 Å². The lowest BCUT2D eigenvalue weighted by Gasteiger charge is -2.33. The Kier molecular flexibility index (Phi) is 5.54. The monoisotopic (exact) mass is 403 g/mol. The summed E-state index contributed by atoms with van der Waals surface area (Å²) in [7, 11) is 0. The molecule has 5 nitrogen and oxygen atoms in total. The number of hydrogen-bond acceptors (Lipinski definition) is 4. The van der Waals surface area contributed by atoms with Crippen LogP contribution in [0.4, 0.5) is 5.69 Å². The van der Waals surface area contributed by atoms with E-state index in [4.69, 9.17) is 9.84 Å². The van der Waals surface area contributed by atoms with E-state index >= 15 is 0 Å². The number of amides is 1. The summed E-state index contributed by atoms with van der Waals surface area (Å²) in [5.74, 6) is 1.16. The minimum Gasteiger partial charge on any atom is -0.494 e. The number of fused-ring (bicyclic) bond motifs is 3. The standard InChI is InChI=1S/C25H29N3O2/c29-24-18-20-9-8-19-6-1-2-7-23(19)25(20)26-28(24)21-10-12-22(13-11-21)30-17-5-16-27-14-3-4-15-27/h1-2,6-7,10-13,20H,3-5,8-9,14-18H2. The topological polar surface area (TPSA) is 45.1 Å². The number of carbonyl (C=O) groups excluding carboxylic acids is 1. The molecule has 2 aromatic rings. The fourth-order valence-corrected chi connectivity index (χ4v) is 4.84. The van der Waals surface area contributed by atoms with Gasteiger partial charge in [-0.1, -0.05) is 24.3 Å². The molecule has 0 radical (unpaired) electrons. The van der Waals surface area contributed by atoms with Gasteiger partial charge in [0.2, 0.25) is 5.91 Å². The first kappa shape index (κ1) is 19.3. The second-order valence-electron chi connectivity index (χ2n) is 8.53. The van der Waals surface area contributed by atoms with Gasteiger partial charge >= 0.3 is 0 Å². The first-order valence-electron chi connectivity index (χ1n) is 11.2. The highest BCUT2D eigenvalue weighted by molar-refractivity contribution is 6.11. The van der Waals surface area contributed by atoms with Crippen LogP contribution in [0.2, 0.25) is 0 Å². The van der Waals surface area contributed by atoms with Crippen LogP contribution in [0, 0.1) is 5.92 Å². The van der Waals surface area contributed by atoms with E-state index in [0.29, 0.717) is 6.42 Å². The van der Waals surface area contributed by atoms with Gasteiger partial charge in [-0.05, 0) is 75.0 Å². The zero-order chi connectivity index (χ0) is 20.3. The molecular formula is C25H29N3O2. The van der Waals surface area contributed by atoms with Crippen molar-refractivity contribution in [2.45, 2.75) is 38.5 Å². The van der Waals surface area contributed by atoms with Crippen LogP contribution < -0.4 is 9.75 Å². The van der Waals surface area contributed by atoms with Gasteiger partial charge in [-0.25, -0.2) is 5.01 Å². The van der Waals surface area contributed by atoms with E-state index in [1.807, 2.05) is 24.3 Å². The molecule has 2 aromatic carbocycles. The second-order valence-corrected chi connectivity index (χ2v) is 8.53. The largest absolute Gasteiger partial charge is 0.494 e. The van der Waals surface area contributed by atoms with Crippen molar-refractivity contribution in [3.8, 4) is 5.75 Å². The molecule has 1 saturated heterocycles. The molecule has 1 aliphatic carbocycles. The third kappa shape index (κ3) is 3.99. The predicted octanol–water partition coefficient (Wildman–Crippen LogP) is 4.25. The van der Waals surface area contributed by atoms with Gasteiger partial charge in [0, 0.05) is 24.4 Å². The molecule has 156 valence electrons. The van der Waals surface area contributed by atoms with E-state index in [-0.39, 0.29) is 11.8 Å². The molecule has 30 heavy (non-hydrogen) atoms. The van der Waals surface area contributed by atoms with E-state index in [9.17, 15) is 4.79 Å². The molecule has 3 aliphatic rings. The van der Waals surface area contributed by atoms with Crippen molar-refractivity contribution in [2.75, 3.05) is 31.3 Å². The fourth-order valence-electron chi connectivity index (χ4n) is 4.84. The third-order valence-corrected chi connectivity index (χ3v) is 6.47. The van der Waals surface area contributed by atoms with E-state index < -0.39 is 0 Å². The Bertz CT molecular complexity index is 932. The lowest BCUT2D eigenvalue weighted by atomic mass is 9.79. The number of carbonyl (C=O) groups is 1. The second kappa shape index (κ2) is 8.60. The molecule has 0 bridgehead atoms. The summed E-state index contributed by atoms with van der Waals surface area (Å²) in [5.41, 5.74) is 4.39. The molecule has 0 spiro atoms. The summed E-state index contributed by atoms with van der Waals surface area (Å²) in [6.45, 7) is 4.29. The smallest absolute Gasteiger partial charge is 0.248 e. The Morgan fingerprint density at radius 3 is 2.67 bits per heavy atom. The van der Waals surface area contributed by atoms with Crippen molar-refractivity contribution < 1.29 is 9.53 Å². The van der Waals surface area contributed by atoms with Crippen molar-refractivity contribution in [3.05, 3.63) is 59.7 Å². The maximum atomic E-state index is 12.8. The van der Waals surface area contributed by atoms with E-state index in [2.05, 4.69) is 29.2 Å². The summed E-state index contributed by atoms with van der Waals surface area (Å²) in [4.78, 5) is 15.3. The molecule has 1 fully saturated rings. The summed E-state index contributed by atoms with van der Waals surface area (Å²) >= 11 is 0. The van der Waals surface area contributed by atoms with Crippen LogP contribution in [-0.4, -0.2) is 42.8 Å². The van der Waals surface area contributed by atoms with Gasteiger partial charge in [-0.3, -0.25) is 4.79 Å². The first-order valence-corrected chi connectivity index (χ1v) is 11.2. The van der Waals surface area contributed by atoms with Gasteiger partial charge in [0.1, 0.15) is 5.75 Å². The van der Waals surface area contributed by atoms with Gasteiger partial charge in [0.05, 0.1) is 18.0 Å². The summed E-state index contributed by atoms with van der Waals surface area (Å²) in [5, 5.41) is 6.37. The quantitative estimate of drug-likeness (QED) is 0.677. The molecular weight excluding hydrogens is 374 g/mol. The van der Waals surface area contributed by atoms with E-state index in [1.165, 1.54) is 37.1 Å². The van der Waals surface area contributed by atoms with Gasteiger partial charge in [-0.15, -0.1) is 0 Å². The normalized spacial score (nSPS) is 21.2. The van der Waals surface area contributed by atoms with Crippen LogP contribution in [0.3, 0.4) is 0 Å². The summed E-state index contributed by atoms with van der Waals surface area (Å²) < 4.78 is 5.90. The maximum Gasteiger partial charge on any atom is 0.248 e. The number of benzene rings is 2. The summed E-state index contributed by atoms with van der Waals surface area (Å²) in [6.07, 6.45) is 6.25. The minimum atomic E-state index is 0.0717. The number of hydrazone groups is 1. The van der Waals surface area contributed by atoms with E-state index in [1.54, 1.807) is 5.01 Å². The van der Waals surface area contributed by atoms with Crippen molar-refractivity contribution >= 4 is 17.3 Å². The van der Waals surface area contributed by atoms with E-state index in [0.717, 1.165) is 49.6 Å². The highest BCUT2D eigenvalue weighted by atomic mass is 16.5. The zero-order valence-electron chi connectivity index (χ0n) is 17.4. The minimum absolute atomic E-state index is 0.0717. The highest BCUT2D eigenvalue weighted by Crippen LogP contribution is 2.34. The average Bonchev–Trinajstić information content (AvgIpc) is 3.30. The van der Waals surface area contributed by atoms with Crippen molar-refractivity contribution in [2.24, 2.45) is 11.0 Å². The lowest BCUT2D eigenvalue weighted by molar-refractivity contribution is -0.119. The molecule has 2 aliphatic heterocycles. The molecule has 5 heteroatoms. The van der Waals surface area contributed by atoms with Crippen LogP contribution in [0.15, 0.2) is 53.6 Å². The highest BCUT2D eigenvalue weighted by Gasteiger charge is 2.34. The molecule has 1 atom stereocenters. The Balaban J connectivity index is 1.25.